The molecule has 2 rings (SSSR count). The molecule has 2 aromatic rings. The van der Waals surface area contributed by atoms with E-state index < -0.39 is 0 Å². The zero-order valence-electron chi connectivity index (χ0n) is 11.4. The number of nitrogens with one attached hydrogen (secondary N) is 1. The third-order valence-electron chi connectivity index (χ3n) is 3.15. The summed E-state index contributed by atoms with van der Waals surface area (Å²) in [5, 5.41) is 3.38. The SMILES string of the molecule is COc1ccc(NC(C)c2cccc(F)c2)c(C)c1. The van der Waals surface area contributed by atoms with Crippen molar-refractivity contribution in [2.45, 2.75) is 19.9 Å². The highest BCUT2D eigenvalue weighted by atomic mass is 19.1. The van der Waals surface area contributed by atoms with Crippen molar-refractivity contribution in [1.82, 2.24) is 0 Å². The van der Waals surface area contributed by atoms with Gasteiger partial charge in [-0.1, -0.05) is 12.1 Å². The molecule has 0 bridgehead atoms. The van der Waals surface area contributed by atoms with Crippen LogP contribution in [0.25, 0.3) is 0 Å². The second-order valence-corrected chi connectivity index (χ2v) is 4.60. The molecule has 1 unspecified atom stereocenters. The fourth-order valence-electron chi connectivity index (χ4n) is 2.02. The number of ether oxygens (including phenoxy) is 1. The van der Waals surface area contributed by atoms with Crippen LogP contribution < -0.4 is 10.1 Å². The fourth-order valence-corrected chi connectivity index (χ4v) is 2.02. The zero-order chi connectivity index (χ0) is 13.8. The Kier molecular flexibility index (Phi) is 4.05. The summed E-state index contributed by atoms with van der Waals surface area (Å²) in [7, 11) is 1.65. The van der Waals surface area contributed by atoms with Crippen LogP contribution in [0.4, 0.5) is 10.1 Å². The van der Waals surface area contributed by atoms with Gasteiger partial charge in [-0.05, 0) is 55.3 Å². The van der Waals surface area contributed by atoms with Crippen LogP contribution in [0.5, 0.6) is 5.75 Å². The first kappa shape index (κ1) is 13.4. The Morgan fingerprint density at radius 1 is 1.16 bits per heavy atom. The van der Waals surface area contributed by atoms with Gasteiger partial charge in [0, 0.05) is 11.7 Å². The third-order valence-corrected chi connectivity index (χ3v) is 3.15. The van der Waals surface area contributed by atoms with Crippen LogP contribution in [0.3, 0.4) is 0 Å². The lowest BCUT2D eigenvalue weighted by atomic mass is 10.1. The van der Waals surface area contributed by atoms with E-state index in [2.05, 4.69) is 5.32 Å². The number of anilines is 1. The molecule has 0 aliphatic rings. The van der Waals surface area contributed by atoms with Gasteiger partial charge < -0.3 is 10.1 Å². The number of methoxy groups -OCH3 is 1. The van der Waals surface area contributed by atoms with Gasteiger partial charge in [-0.2, -0.15) is 0 Å². The van der Waals surface area contributed by atoms with Crippen molar-refractivity contribution < 1.29 is 9.13 Å². The monoisotopic (exact) mass is 259 g/mol. The van der Waals surface area contributed by atoms with Crippen LogP contribution in [-0.4, -0.2) is 7.11 Å². The molecule has 100 valence electrons. The molecule has 0 aliphatic heterocycles. The highest BCUT2D eigenvalue weighted by Crippen LogP contribution is 2.25. The van der Waals surface area contributed by atoms with E-state index in [0.717, 1.165) is 22.6 Å². The normalized spacial score (nSPS) is 12.0. The number of hydrogen-bond donors (Lipinski definition) is 1. The Balaban J connectivity index is 2.17. The quantitative estimate of drug-likeness (QED) is 0.883. The average Bonchev–Trinajstić information content (AvgIpc) is 2.41. The van der Waals surface area contributed by atoms with Crippen molar-refractivity contribution >= 4 is 5.69 Å². The first-order chi connectivity index (χ1) is 9.10. The molecule has 0 fully saturated rings. The van der Waals surface area contributed by atoms with E-state index in [4.69, 9.17) is 4.74 Å². The van der Waals surface area contributed by atoms with Crippen LogP contribution in [-0.2, 0) is 0 Å². The lowest BCUT2D eigenvalue weighted by Gasteiger charge is -2.18. The van der Waals surface area contributed by atoms with Gasteiger partial charge in [0.05, 0.1) is 7.11 Å². The summed E-state index contributed by atoms with van der Waals surface area (Å²) < 4.78 is 18.4. The van der Waals surface area contributed by atoms with Crippen molar-refractivity contribution in [1.29, 1.82) is 0 Å². The molecule has 0 aromatic heterocycles. The molecule has 0 aliphatic carbocycles. The largest absolute Gasteiger partial charge is 0.497 e. The molecule has 0 saturated heterocycles. The minimum atomic E-state index is -0.211. The summed E-state index contributed by atoms with van der Waals surface area (Å²) in [5.41, 5.74) is 3.05. The maximum Gasteiger partial charge on any atom is 0.123 e. The van der Waals surface area contributed by atoms with Crippen LogP contribution in [0, 0.1) is 12.7 Å². The highest BCUT2D eigenvalue weighted by molar-refractivity contribution is 5.54. The molecule has 0 radical (unpaired) electrons. The second kappa shape index (κ2) is 5.74. The number of hydrogen-bond acceptors (Lipinski definition) is 2. The molecule has 0 saturated carbocycles. The summed E-state index contributed by atoms with van der Waals surface area (Å²) in [4.78, 5) is 0. The molecule has 19 heavy (non-hydrogen) atoms. The number of rotatable bonds is 4. The van der Waals surface area contributed by atoms with Crippen molar-refractivity contribution in [3.05, 3.63) is 59.4 Å². The average molecular weight is 259 g/mol. The topological polar surface area (TPSA) is 21.3 Å². The van der Waals surface area contributed by atoms with Crippen molar-refractivity contribution in [2.24, 2.45) is 0 Å². The van der Waals surface area contributed by atoms with E-state index in [1.165, 1.54) is 6.07 Å². The Morgan fingerprint density at radius 3 is 2.58 bits per heavy atom. The molecule has 0 amide bonds. The lowest BCUT2D eigenvalue weighted by molar-refractivity contribution is 0.414. The predicted molar refractivity (Wildman–Crippen MR) is 76.2 cm³/mol. The van der Waals surface area contributed by atoms with Gasteiger partial charge in [-0.3, -0.25) is 0 Å². The molecule has 2 nitrogen and oxygen atoms in total. The molecule has 0 heterocycles. The van der Waals surface area contributed by atoms with Gasteiger partial charge in [0.15, 0.2) is 0 Å². The smallest absolute Gasteiger partial charge is 0.123 e. The van der Waals surface area contributed by atoms with E-state index >= 15 is 0 Å². The first-order valence-electron chi connectivity index (χ1n) is 6.27. The van der Waals surface area contributed by atoms with Crippen molar-refractivity contribution in [3.8, 4) is 5.75 Å². The van der Waals surface area contributed by atoms with E-state index in [9.17, 15) is 4.39 Å². The van der Waals surface area contributed by atoms with E-state index in [-0.39, 0.29) is 11.9 Å². The van der Waals surface area contributed by atoms with Crippen LogP contribution in [0.1, 0.15) is 24.1 Å². The van der Waals surface area contributed by atoms with Gasteiger partial charge in [0.2, 0.25) is 0 Å². The van der Waals surface area contributed by atoms with Crippen LogP contribution in [0.15, 0.2) is 42.5 Å². The minimum absolute atomic E-state index is 0.0443. The minimum Gasteiger partial charge on any atom is -0.497 e. The Bertz CT molecular complexity index is 568. The standard InChI is InChI=1S/C16H18FNO/c1-11-9-15(19-3)7-8-16(11)18-12(2)13-5-4-6-14(17)10-13/h4-10,12,18H,1-3H3. The van der Waals surface area contributed by atoms with Crippen LogP contribution in [0.2, 0.25) is 0 Å². The molecule has 2 aromatic carbocycles. The van der Waals surface area contributed by atoms with Crippen molar-refractivity contribution in [2.75, 3.05) is 12.4 Å². The number of aryl methyl sites for hydroxylation is 1. The maximum atomic E-state index is 13.2. The molecule has 0 spiro atoms. The Labute approximate surface area is 113 Å². The molecular formula is C16H18FNO. The van der Waals surface area contributed by atoms with Gasteiger partial charge in [-0.15, -0.1) is 0 Å². The van der Waals surface area contributed by atoms with Gasteiger partial charge in [-0.25, -0.2) is 4.39 Å². The lowest BCUT2D eigenvalue weighted by Crippen LogP contribution is -2.08. The molecular weight excluding hydrogens is 241 g/mol. The fraction of sp³-hybridized carbons (Fsp3) is 0.250. The van der Waals surface area contributed by atoms with E-state index in [0.29, 0.717) is 0 Å². The number of halogens is 1. The summed E-state index contributed by atoms with van der Waals surface area (Å²) in [6.07, 6.45) is 0. The molecule has 1 atom stereocenters. The van der Waals surface area contributed by atoms with Gasteiger partial charge in [0.25, 0.3) is 0 Å². The van der Waals surface area contributed by atoms with E-state index in [1.54, 1.807) is 19.2 Å². The maximum absolute atomic E-state index is 13.2. The summed E-state index contributed by atoms with van der Waals surface area (Å²) in [6.45, 7) is 4.03. The van der Waals surface area contributed by atoms with Gasteiger partial charge in [0.1, 0.15) is 11.6 Å². The summed E-state index contributed by atoms with van der Waals surface area (Å²) in [6, 6.07) is 12.6. The first-order valence-corrected chi connectivity index (χ1v) is 6.27. The summed E-state index contributed by atoms with van der Waals surface area (Å²) in [5.74, 6) is 0.624. The molecule has 1 N–H and O–H groups in total. The zero-order valence-corrected chi connectivity index (χ0v) is 11.4. The highest BCUT2D eigenvalue weighted by Gasteiger charge is 2.08. The van der Waals surface area contributed by atoms with Crippen molar-refractivity contribution in [3.63, 3.8) is 0 Å². The van der Waals surface area contributed by atoms with E-state index in [1.807, 2.05) is 38.1 Å². The Hall–Kier alpha value is -2.03. The Morgan fingerprint density at radius 2 is 1.95 bits per heavy atom. The van der Waals surface area contributed by atoms with Crippen LogP contribution >= 0.6 is 0 Å². The number of benzene rings is 2. The second-order valence-electron chi connectivity index (χ2n) is 4.60. The van der Waals surface area contributed by atoms with Gasteiger partial charge >= 0.3 is 0 Å². The summed E-state index contributed by atoms with van der Waals surface area (Å²) >= 11 is 0. The predicted octanol–water partition coefficient (Wildman–Crippen LogP) is 4.32. The molecule has 3 heteroatoms. The third kappa shape index (κ3) is 3.25.